The van der Waals surface area contributed by atoms with Crippen molar-refractivity contribution < 1.29 is 19.1 Å². The first-order valence-electron chi connectivity index (χ1n) is 9.73. The summed E-state index contributed by atoms with van der Waals surface area (Å²) in [5, 5.41) is 13.3. The summed E-state index contributed by atoms with van der Waals surface area (Å²) in [4.78, 5) is 38.2. The van der Waals surface area contributed by atoms with Gasteiger partial charge in [-0.1, -0.05) is 48.5 Å². The van der Waals surface area contributed by atoms with Crippen molar-refractivity contribution in [3.63, 3.8) is 0 Å². The number of carbonyl (C=O) groups is 3. The molecule has 0 bridgehead atoms. The summed E-state index contributed by atoms with van der Waals surface area (Å²) in [6.07, 6.45) is 0.149. The van der Waals surface area contributed by atoms with Crippen LogP contribution in [0.3, 0.4) is 0 Å². The Morgan fingerprint density at radius 1 is 0.935 bits per heavy atom. The molecule has 7 heteroatoms. The molecule has 31 heavy (non-hydrogen) atoms. The Morgan fingerprint density at radius 3 is 2.39 bits per heavy atom. The van der Waals surface area contributed by atoms with E-state index in [1.165, 1.54) is 4.90 Å². The molecule has 0 unspecified atom stereocenters. The normalized spacial score (nSPS) is 10.2. The highest BCUT2D eigenvalue weighted by molar-refractivity contribution is 6.00. The van der Waals surface area contributed by atoms with Crippen LogP contribution in [-0.4, -0.2) is 37.5 Å². The van der Waals surface area contributed by atoms with Gasteiger partial charge in [-0.15, -0.1) is 0 Å². The largest absolute Gasteiger partial charge is 0.454 e. The summed E-state index contributed by atoms with van der Waals surface area (Å²) in [6, 6.07) is 23.7. The van der Waals surface area contributed by atoms with E-state index in [1.54, 1.807) is 36.4 Å². The summed E-state index contributed by atoms with van der Waals surface area (Å²) >= 11 is 0. The first kappa shape index (κ1) is 21.5. The third-order valence-electron chi connectivity index (χ3n) is 4.58. The molecule has 156 valence electrons. The van der Waals surface area contributed by atoms with Crippen LogP contribution in [0.2, 0.25) is 0 Å². The number of amides is 2. The number of esters is 1. The summed E-state index contributed by atoms with van der Waals surface area (Å²) in [6.45, 7) is -0.650. The Bertz CT molecular complexity index is 1120. The van der Waals surface area contributed by atoms with Crippen LogP contribution < -0.4 is 10.2 Å². The molecule has 1 N–H and O–H groups in total. The van der Waals surface area contributed by atoms with E-state index < -0.39 is 24.4 Å². The number of nitriles is 1. The number of fused-ring (bicyclic) bond motifs is 1. The van der Waals surface area contributed by atoms with Gasteiger partial charge in [0.1, 0.15) is 6.54 Å². The molecule has 0 saturated heterocycles. The third kappa shape index (κ3) is 5.90. The van der Waals surface area contributed by atoms with E-state index in [9.17, 15) is 14.4 Å². The number of nitrogens with zero attached hydrogens (tertiary/aromatic N) is 2. The maximum Gasteiger partial charge on any atom is 0.325 e. The molecular weight excluding hydrogens is 394 g/mol. The number of ether oxygens (including phenoxy) is 1. The van der Waals surface area contributed by atoms with Gasteiger partial charge in [0, 0.05) is 17.8 Å². The van der Waals surface area contributed by atoms with E-state index in [0.717, 1.165) is 10.8 Å². The van der Waals surface area contributed by atoms with Gasteiger partial charge in [-0.05, 0) is 35.0 Å². The van der Waals surface area contributed by atoms with Crippen LogP contribution in [0.15, 0.2) is 72.8 Å². The van der Waals surface area contributed by atoms with Crippen molar-refractivity contribution in [3.05, 3.63) is 78.4 Å². The molecule has 2 amide bonds. The van der Waals surface area contributed by atoms with E-state index in [1.807, 2.05) is 42.5 Å². The number of para-hydroxylation sites is 1. The fourth-order valence-corrected chi connectivity index (χ4v) is 3.02. The monoisotopic (exact) mass is 415 g/mol. The maximum atomic E-state index is 12.5. The van der Waals surface area contributed by atoms with Gasteiger partial charge in [0.25, 0.3) is 11.8 Å². The van der Waals surface area contributed by atoms with E-state index in [-0.39, 0.29) is 19.5 Å². The zero-order valence-electron chi connectivity index (χ0n) is 16.8. The maximum absolute atomic E-state index is 12.5. The molecule has 0 heterocycles. The molecule has 0 aliphatic rings. The van der Waals surface area contributed by atoms with Gasteiger partial charge in [-0.3, -0.25) is 14.4 Å². The van der Waals surface area contributed by atoms with Gasteiger partial charge >= 0.3 is 5.97 Å². The van der Waals surface area contributed by atoms with Crippen LogP contribution in [0.1, 0.15) is 16.8 Å². The Labute approximate surface area is 179 Å². The lowest BCUT2D eigenvalue weighted by Crippen LogP contribution is -2.37. The van der Waals surface area contributed by atoms with Gasteiger partial charge < -0.3 is 15.0 Å². The van der Waals surface area contributed by atoms with E-state index in [2.05, 4.69) is 5.32 Å². The lowest BCUT2D eigenvalue weighted by Gasteiger charge is -2.21. The number of carbonyl (C=O) groups excluding carboxylic acids is 3. The number of anilines is 1. The van der Waals surface area contributed by atoms with Crippen LogP contribution >= 0.6 is 0 Å². The van der Waals surface area contributed by atoms with E-state index in [4.69, 9.17) is 10.00 Å². The highest BCUT2D eigenvalue weighted by Crippen LogP contribution is 2.16. The van der Waals surface area contributed by atoms with Crippen molar-refractivity contribution >= 4 is 34.2 Å². The highest BCUT2D eigenvalue weighted by atomic mass is 16.5. The predicted molar refractivity (Wildman–Crippen MR) is 116 cm³/mol. The first-order chi connectivity index (χ1) is 15.1. The molecule has 3 aromatic rings. The molecule has 0 atom stereocenters. The first-order valence-corrected chi connectivity index (χ1v) is 9.73. The summed E-state index contributed by atoms with van der Waals surface area (Å²) < 4.78 is 5.01. The molecule has 0 saturated carbocycles. The molecular formula is C24H21N3O4. The molecule has 0 aromatic heterocycles. The van der Waals surface area contributed by atoms with Crippen LogP contribution in [-0.2, 0) is 14.3 Å². The Hall–Kier alpha value is -4.18. The second-order valence-electron chi connectivity index (χ2n) is 6.69. The summed E-state index contributed by atoms with van der Waals surface area (Å²) in [5.41, 5.74) is 1.04. The van der Waals surface area contributed by atoms with Gasteiger partial charge in [-0.2, -0.15) is 5.26 Å². The van der Waals surface area contributed by atoms with Gasteiger partial charge in [0.2, 0.25) is 0 Å². The zero-order chi connectivity index (χ0) is 22.1. The molecule has 0 fully saturated rings. The molecule has 3 rings (SSSR count). The SMILES string of the molecule is N#CCCN(C(=O)COC(=O)CNC(=O)c1ccc2ccccc2c1)c1ccccc1. The van der Waals surface area contributed by atoms with Crippen molar-refractivity contribution in [1.82, 2.24) is 5.32 Å². The van der Waals surface area contributed by atoms with Gasteiger partial charge in [-0.25, -0.2) is 0 Å². The molecule has 0 aliphatic carbocycles. The van der Waals surface area contributed by atoms with Crippen molar-refractivity contribution in [2.45, 2.75) is 6.42 Å². The Balaban J connectivity index is 1.52. The van der Waals surface area contributed by atoms with Crippen LogP contribution in [0, 0.1) is 11.3 Å². The number of nitrogens with one attached hydrogen (secondary N) is 1. The van der Waals surface area contributed by atoms with Crippen LogP contribution in [0.25, 0.3) is 10.8 Å². The number of hydrogen-bond donors (Lipinski definition) is 1. The quantitative estimate of drug-likeness (QED) is 0.570. The van der Waals surface area contributed by atoms with Gasteiger partial charge in [0.05, 0.1) is 12.5 Å². The number of rotatable bonds is 8. The lowest BCUT2D eigenvalue weighted by atomic mass is 10.1. The molecule has 7 nitrogen and oxygen atoms in total. The predicted octanol–water partition coefficient (Wildman–Crippen LogP) is 3.06. The fraction of sp³-hybridized carbons (Fsp3) is 0.167. The average Bonchev–Trinajstić information content (AvgIpc) is 2.81. The fourth-order valence-electron chi connectivity index (χ4n) is 3.02. The minimum Gasteiger partial charge on any atom is -0.454 e. The van der Waals surface area contributed by atoms with Crippen LogP contribution in [0.4, 0.5) is 5.69 Å². The van der Waals surface area contributed by atoms with Crippen molar-refractivity contribution in [2.75, 3.05) is 24.6 Å². The van der Waals surface area contributed by atoms with E-state index in [0.29, 0.717) is 11.3 Å². The third-order valence-corrected chi connectivity index (χ3v) is 4.58. The molecule has 0 radical (unpaired) electrons. The van der Waals surface area contributed by atoms with Crippen molar-refractivity contribution in [3.8, 4) is 6.07 Å². The topological polar surface area (TPSA) is 99.5 Å². The molecule has 3 aromatic carbocycles. The van der Waals surface area contributed by atoms with Gasteiger partial charge in [0.15, 0.2) is 6.61 Å². The average molecular weight is 415 g/mol. The summed E-state index contributed by atoms with van der Waals surface area (Å²) in [7, 11) is 0. The second kappa shape index (κ2) is 10.6. The van der Waals surface area contributed by atoms with Crippen molar-refractivity contribution in [2.24, 2.45) is 0 Å². The lowest BCUT2D eigenvalue weighted by molar-refractivity contribution is -0.146. The number of benzene rings is 3. The molecule has 0 spiro atoms. The Kier molecular flexibility index (Phi) is 7.33. The summed E-state index contributed by atoms with van der Waals surface area (Å²) in [5.74, 6) is -1.58. The zero-order valence-corrected chi connectivity index (χ0v) is 16.8. The van der Waals surface area contributed by atoms with E-state index >= 15 is 0 Å². The van der Waals surface area contributed by atoms with Crippen molar-refractivity contribution in [1.29, 1.82) is 5.26 Å². The standard InChI is InChI=1S/C24H21N3O4/c25-13-6-14-27(21-9-2-1-3-10-21)22(28)17-31-23(29)16-26-24(30)20-12-11-18-7-4-5-8-19(18)15-20/h1-5,7-12,15H,6,14,16-17H2,(H,26,30). The minimum atomic E-state index is -0.726. The molecule has 0 aliphatic heterocycles. The smallest absolute Gasteiger partial charge is 0.325 e. The van der Waals surface area contributed by atoms with Crippen LogP contribution in [0.5, 0.6) is 0 Å². The second-order valence-corrected chi connectivity index (χ2v) is 6.69. The Morgan fingerprint density at radius 2 is 1.65 bits per heavy atom. The highest BCUT2D eigenvalue weighted by Gasteiger charge is 2.18. The number of hydrogen-bond acceptors (Lipinski definition) is 5. The minimum absolute atomic E-state index is 0.149.